The summed E-state index contributed by atoms with van der Waals surface area (Å²) in [5.41, 5.74) is 6.27. The molecule has 0 heterocycles. The van der Waals surface area contributed by atoms with Crippen LogP contribution in [0.4, 0.5) is 4.39 Å². The van der Waals surface area contributed by atoms with Gasteiger partial charge in [-0.25, -0.2) is 4.39 Å². The zero-order valence-corrected chi connectivity index (χ0v) is 8.87. The molecule has 1 atom stereocenters. The molecule has 2 N–H and O–H groups in total. The predicted molar refractivity (Wildman–Crippen MR) is 59.4 cm³/mol. The van der Waals surface area contributed by atoms with Crippen LogP contribution in [0, 0.1) is 5.82 Å². The van der Waals surface area contributed by atoms with Gasteiger partial charge in [-0.15, -0.1) is 0 Å². The summed E-state index contributed by atoms with van der Waals surface area (Å²) in [7, 11) is 0. The zero-order chi connectivity index (χ0) is 11.3. The van der Waals surface area contributed by atoms with Crippen LogP contribution in [-0.2, 0) is 6.42 Å². The lowest BCUT2D eigenvalue weighted by Gasteiger charge is -2.11. The van der Waals surface area contributed by atoms with Crippen LogP contribution in [-0.4, -0.2) is 12.6 Å². The van der Waals surface area contributed by atoms with Gasteiger partial charge in [0.15, 0.2) is 11.6 Å². The summed E-state index contributed by atoms with van der Waals surface area (Å²) in [6.45, 7) is 5.89. The van der Waals surface area contributed by atoms with Gasteiger partial charge >= 0.3 is 0 Å². The fraction of sp³-hybridized carbons (Fsp3) is 0.333. The number of rotatable bonds is 5. The smallest absolute Gasteiger partial charge is 0.165 e. The summed E-state index contributed by atoms with van der Waals surface area (Å²) in [6, 6.07) is 4.90. The zero-order valence-electron chi connectivity index (χ0n) is 8.87. The van der Waals surface area contributed by atoms with Gasteiger partial charge in [0.25, 0.3) is 0 Å². The summed E-state index contributed by atoms with van der Waals surface area (Å²) in [6.07, 6.45) is 2.10. The second-order valence-electron chi connectivity index (χ2n) is 3.36. The van der Waals surface area contributed by atoms with Crippen LogP contribution in [0.1, 0.15) is 12.5 Å². The van der Waals surface area contributed by atoms with Crippen molar-refractivity contribution < 1.29 is 9.13 Å². The molecule has 0 fully saturated rings. The molecule has 0 radical (unpaired) electrons. The van der Waals surface area contributed by atoms with Crippen molar-refractivity contribution in [1.82, 2.24) is 0 Å². The number of ether oxygens (including phenoxy) is 1. The minimum atomic E-state index is -0.352. The summed E-state index contributed by atoms with van der Waals surface area (Å²) in [5.74, 6) is -0.0992. The van der Waals surface area contributed by atoms with Gasteiger partial charge < -0.3 is 10.5 Å². The Kier molecular flexibility index (Phi) is 4.31. The third kappa shape index (κ3) is 3.36. The fourth-order valence-corrected chi connectivity index (χ4v) is 1.21. The number of nitrogens with two attached hydrogens (primary N) is 1. The maximum absolute atomic E-state index is 13.5. The SMILES string of the molecule is C=CC(C)Oc1ccc(CCN)cc1F. The Hall–Kier alpha value is -1.35. The predicted octanol–water partition coefficient (Wildman–Crippen LogP) is 2.28. The van der Waals surface area contributed by atoms with Gasteiger partial charge in [-0.3, -0.25) is 0 Å². The highest BCUT2D eigenvalue weighted by atomic mass is 19.1. The molecule has 1 aromatic rings. The van der Waals surface area contributed by atoms with Crippen LogP contribution in [0.25, 0.3) is 0 Å². The van der Waals surface area contributed by atoms with Gasteiger partial charge in [0.05, 0.1) is 0 Å². The van der Waals surface area contributed by atoms with Crippen molar-refractivity contribution >= 4 is 0 Å². The highest BCUT2D eigenvalue weighted by Crippen LogP contribution is 2.19. The molecule has 82 valence electrons. The minimum absolute atomic E-state index is 0.195. The molecule has 15 heavy (non-hydrogen) atoms. The molecule has 3 heteroatoms. The fourth-order valence-electron chi connectivity index (χ4n) is 1.21. The number of hydrogen-bond donors (Lipinski definition) is 1. The van der Waals surface area contributed by atoms with Gasteiger partial charge in [0, 0.05) is 0 Å². The lowest BCUT2D eigenvalue weighted by Crippen LogP contribution is -2.09. The first-order chi connectivity index (χ1) is 7.17. The summed E-state index contributed by atoms with van der Waals surface area (Å²) < 4.78 is 18.8. The molecule has 0 bridgehead atoms. The van der Waals surface area contributed by atoms with Crippen molar-refractivity contribution in [3.63, 3.8) is 0 Å². The molecular formula is C12H16FNO. The monoisotopic (exact) mass is 209 g/mol. The summed E-state index contributed by atoms with van der Waals surface area (Å²) >= 11 is 0. The first-order valence-electron chi connectivity index (χ1n) is 4.95. The average molecular weight is 209 g/mol. The Morgan fingerprint density at radius 1 is 1.60 bits per heavy atom. The van der Waals surface area contributed by atoms with Gasteiger partial charge in [-0.2, -0.15) is 0 Å². The molecule has 0 aliphatic heterocycles. The molecule has 1 rings (SSSR count). The highest BCUT2D eigenvalue weighted by molar-refractivity contribution is 5.29. The Bertz CT molecular complexity index is 338. The van der Waals surface area contributed by atoms with Crippen molar-refractivity contribution in [2.45, 2.75) is 19.4 Å². The van der Waals surface area contributed by atoms with Gasteiger partial charge in [0.1, 0.15) is 6.10 Å². The topological polar surface area (TPSA) is 35.2 Å². The van der Waals surface area contributed by atoms with Crippen molar-refractivity contribution in [2.75, 3.05) is 6.54 Å². The maximum atomic E-state index is 13.5. The average Bonchev–Trinajstić information content (AvgIpc) is 2.22. The number of hydrogen-bond acceptors (Lipinski definition) is 2. The Morgan fingerprint density at radius 3 is 2.87 bits per heavy atom. The lowest BCUT2D eigenvalue weighted by atomic mass is 10.1. The molecule has 1 unspecified atom stereocenters. The molecule has 1 aromatic carbocycles. The first-order valence-corrected chi connectivity index (χ1v) is 4.95. The van der Waals surface area contributed by atoms with Crippen LogP contribution in [0.2, 0.25) is 0 Å². The van der Waals surface area contributed by atoms with E-state index in [1.807, 2.05) is 6.07 Å². The Labute approximate surface area is 89.6 Å². The molecule has 0 aromatic heterocycles. The molecular weight excluding hydrogens is 193 g/mol. The summed E-state index contributed by atoms with van der Waals surface area (Å²) in [4.78, 5) is 0. The second-order valence-corrected chi connectivity index (χ2v) is 3.36. The quantitative estimate of drug-likeness (QED) is 0.755. The van der Waals surface area contributed by atoms with E-state index in [4.69, 9.17) is 10.5 Å². The molecule has 0 spiro atoms. The van der Waals surface area contributed by atoms with E-state index in [9.17, 15) is 4.39 Å². The van der Waals surface area contributed by atoms with Crippen LogP contribution in [0.5, 0.6) is 5.75 Å². The first kappa shape index (κ1) is 11.7. The molecule has 0 aliphatic rings. The molecule has 2 nitrogen and oxygen atoms in total. The standard InChI is InChI=1S/C12H16FNO/c1-3-9(2)15-12-5-4-10(6-7-14)8-11(12)13/h3-5,8-9H,1,6-7,14H2,2H3. The normalized spacial score (nSPS) is 12.2. The maximum Gasteiger partial charge on any atom is 0.165 e. The largest absolute Gasteiger partial charge is 0.484 e. The summed E-state index contributed by atoms with van der Waals surface area (Å²) in [5, 5.41) is 0. The van der Waals surface area contributed by atoms with E-state index in [1.54, 1.807) is 19.1 Å². The van der Waals surface area contributed by atoms with Gasteiger partial charge in [-0.1, -0.05) is 18.7 Å². The van der Waals surface area contributed by atoms with Crippen LogP contribution >= 0.6 is 0 Å². The Balaban J connectivity index is 2.78. The molecule has 0 amide bonds. The van der Waals surface area contributed by atoms with Crippen molar-refractivity contribution in [1.29, 1.82) is 0 Å². The number of halogens is 1. The molecule has 0 aliphatic carbocycles. The van der Waals surface area contributed by atoms with E-state index in [0.29, 0.717) is 13.0 Å². The van der Waals surface area contributed by atoms with E-state index in [2.05, 4.69) is 6.58 Å². The van der Waals surface area contributed by atoms with E-state index >= 15 is 0 Å². The lowest BCUT2D eigenvalue weighted by molar-refractivity contribution is 0.257. The highest BCUT2D eigenvalue weighted by Gasteiger charge is 2.06. The van der Waals surface area contributed by atoms with E-state index in [0.717, 1.165) is 5.56 Å². The second kappa shape index (κ2) is 5.51. The van der Waals surface area contributed by atoms with Gasteiger partial charge in [0.2, 0.25) is 0 Å². The Morgan fingerprint density at radius 2 is 2.33 bits per heavy atom. The van der Waals surface area contributed by atoms with E-state index in [1.165, 1.54) is 6.07 Å². The van der Waals surface area contributed by atoms with Crippen LogP contribution in [0.3, 0.4) is 0 Å². The van der Waals surface area contributed by atoms with Crippen LogP contribution < -0.4 is 10.5 Å². The van der Waals surface area contributed by atoms with Crippen molar-refractivity contribution in [2.24, 2.45) is 5.73 Å². The van der Waals surface area contributed by atoms with E-state index < -0.39 is 0 Å². The minimum Gasteiger partial charge on any atom is -0.484 e. The molecule has 0 saturated heterocycles. The van der Waals surface area contributed by atoms with E-state index in [-0.39, 0.29) is 17.7 Å². The molecule has 0 saturated carbocycles. The van der Waals surface area contributed by atoms with Gasteiger partial charge in [-0.05, 0) is 37.6 Å². The third-order valence-corrected chi connectivity index (χ3v) is 2.07. The number of benzene rings is 1. The van der Waals surface area contributed by atoms with Crippen molar-refractivity contribution in [3.05, 3.63) is 42.2 Å². The third-order valence-electron chi connectivity index (χ3n) is 2.07. The van der Waals surface area contributed by atoms with Crippen molar-refractivity contribution in [3.8, 4) is 5.75 Å². The van der Waals surface area contributed by atoms with Crippen LogP contribution in [0.15, 0.2) is 30.9 Å².